The average molecular weight is 341 g/mol. The molecule has 2 N–H and O–H groups in total. The quantitative estimate of drug-likeness (QED) is 0.891. The normalized spacial score (nSPS) is 17.0. The van der Waals surface area contributed by atoms with E-state index in [1.165, 1.54) is 0 Å². The van der Waals surface area contributed by atoms with Crippen molar-refractivity contribution in [3.05, 3.63) is 48.7 Å². The van der Waals surface area contributed by atoms with Crippen molar-refractivity contribution in [2.24, 2.45) is 5.92 Å². The van der Waals surface area contributed by atoms with Crippen LogP contribution >= 0.6 is 0 Å². The second-order valence-electron chi connectivity index (χ2n) is 5.85. The Labute approximate surface area is 145 Å². The predicted molar refractivity (Wildman–Crippen MR) is 91.7 cm³/mol. The molecule has 130 valence electrons. The minimum atomic E-state index is -0.853. The number of nitrogens with zero attached hydrogens (tertiary/aromatic N) is 2. The molecule has 1 aromatic heterocycles. The number of benzene rings is 1. The fourth-order valence-corrected chi connectivity index (χ4v) is 2.70. The van der Waals surface area contributed by atoms with Crippen LogP contribution in [0.15, 0.2) is 48.7 Å². The van der Waals surface area contributed by atoms with Crippen molar-refractivity contribution < 1.29 is 19.4 Å². The molecule has 0 spiro atoms. The van der Waals surface area contributed by atoms with Crippen LogP contribution in [0.4, 0.5) is 10.5 Å². The van der Waals surface area contributed by atoms with E-state index in [-0.39, 0.29) is 12.6 Å². The summed E-state index contributed by atoms with van der Waals surface area (Å²) in [4.78, 5) is 29.0. The first kappa shape index (κ1) is 16.8. The van der Waals surface area contributed by atoms with E-state index >= 15 is 0 Å². The monoisotopic (exact) mass is 341 g/mol. The third kappa shape index (κ3) is 4.47. The SMILES string of the molecule is O=C(O)C1CCCN(C(=O)Nc2ccc(Oc3ccccn3)cc2)C1. The van der Waals surface area contributed by atoms with Crippen molar-refractivity contribution in [1.82, 2.24) is 9.88 Å². The Morgan fingerprint density at radius 2 is 2.00 bits per heavy atom. The molecule has 0 bridgehead atoms. The standard InChI is InChI=1S/C18H19N3O4/c22-17(23)13-4-3-11-21(12-13)18(24)20-14-6-8-15(9-7-14)25-16-5-1-2-10-19-16/h1-2,5-10,13H,3-4,11-12H2,(H,20,24)(H,22,23). The number of amides is 2. The highest BCUT2D eigenvalue weighted by Crippen LogP contribution is 2.22. The van der Waals surface area contributed by atoms with Gasteiger partial charge in [0, 0.05) is 31.0 Å². The molecule has 1 aliphatic rings. The van der Waals surface area contributed by atoms with Gasteiger partial charge in [-0.3, -0.25) is 4.79 Å². The highest BCUT2D eigenvalue weighted by atomic mass is 16.5. The van der Waals surface area contributed by atoms with Crippen LogP contribution in [0.2, 0.25) is 0 Å². The van der Waals surface area contributed by atoms with E-state index in [1.54, 1.807) is 47.5 Å². The molecule has 2 aromatic rings. The van der Waals surface area contributed by atoms with Gasteiger partial charge in [0.15, 0.2) is 0 Å². The lowest BCUT2D eigenvalue weighted by molar-refractivity contribution is -0.143. The summed E-state index contributed by atoms with van der Waals surface area (Å²) in [6.45, 7) is 0.804. The molecule has 1 unspecified atom stereocenters. The Balaban J connectivity index is 1.57. The van der Waals surface area contributed by atoms with Gasteiger partial charge in [-0.05, 0) is 43.2 Å². The molecule has 1 aromatic carbocycles. The van der Waals surface area contributed by atoms with Gasteiger partial charge in [-0.2, -0.15) is 0 Å². The molecule has 0 radical (unpaired) electrons. The highest BCUT2D eigenvalue weighted by Gasteiger charge is 2.28. The lowest BCUT2D eigenvalue weighted by Crippen LogP contribution is -2.44. The summed E-state index contributed by atoms with van der Waals surface area (Å²) < 4.78 is 5.60. The number of rotatable bonds is 4. The number of piperidine rings is 1. The summed E-state index contributed by atoms with van der Waals surface area (Å²) in [7, 11) is 0. The maximum atomic E-state index is 12.3. The first-order valence-electron chi connectivity index (χ1n) is 8.09. The molecule has 0 aliphatic carbocycles. The van der Waals surface area contributed by atoms with Crippen LogP contribution in [0, 0.1) is 5.92 Å². The minimum Gasteiger partial charge on any atom is -0.481 e. The van der Waals surface area contributed by atoms with Crippen LogP contribution < -0.4 is 10.1 Å². The number of ether oxygens (including phenoxy) is 1. The number of aromatic nitrogens is 1. The number of aliphatic carboxylic acids is 1. The Morgan fingerprint density at radius 3 is 2.68 bits per heavy atom. The topological polar surface area (TPSA) is 91.8 Å². The van der Waals surface area contributed by atoms with Gasteiger partial charge in [0.1, 0.15) is 5.75 Å². The average Bonchev–Trinajstić information content (AvgIpc) is 2.64. The third-order valence-electron chi connectivity index (χ3n) is 4.02. The minimum absolute atomic E-state index is 0.238. The zero-order valence-electron chi connectivity index (χ0n) is 13.6. The van der Waals surface area contributed by atoms with Crippen LogP contribution in [0.25, 0.3) is 0 Å². The van der Waals surface area contributed by atoms with E-state index in [9.17, 15) is 9.59 Å². The maximum Gasteiger partial charge on any atom is 0.321 e. The number of carbonyl (C=O) groups excluding carboxylic acids is 1. The Kier molecular flexibility index (Phi) is 5.13. The van der Waals surface area contributed by atoms with E-state index in [2.05, 4.69) is 10.3 Å². The molecule has 0 saturated carbocycles. The van der Waals surface area contributed by atoms with Crippen molar-refractivity contribution >= 4 is 17.7 Å². The number of likely N-dealkylation sites (tertiary alicyclic amines) is 1. The Bertz CT molecular complexity index is 734. The third-order valence-corrected chi connectivity index (χ3v) is 4.02. The second kappa shape index (κ2) is 7.65. The number of urea groups is 1. The fourth-order valence-electron chi connectivity index (χ4n) is 2.70. The number of nitrogens with one attached hydrogen (secondary N) is 1. The van der Waals surface area contributed by atoms with Gasteiger partial charge < -0.3 is 20.1 Å². The van der Waals surface area contributed by atoms with E-state index in [4.69, 9.17) is 9.84 Å². The van der Waals surface area contributed by atoms with Crippen LogP contribution in [0.5, 0.6) is 11.6 Å². The van der Waals surface area contributed by atoms with Crippen LogP contribution in [-0.2, 0) is 4.79 Å². The van der Waals surface area contributed by atoms with Crippen molar-refractivity contribution in [3.8, 4) is 11.6 Å². The van der Waals surface area contributed by atoms with Crippen molar-refractivity contribution in [2.75, 3.05) is 18.4 Å². The van der Waals surface area contributed by atoms with Gasteiger partial charge in [-0.15, -0.1) is 0 Å². The van der Waals surface area contributed by atoms with Gasteiger partial charge in [0.2, 0.25) is 5.88 Å². The molecule has 7 nitrogen and oxygen atoms in total. The summed E-state index contributed by atoms with van der Waals surface area (Å²) in [6, 6.07) is 12.0. The molecule has 1 aliphatic heterocycles. The van der Waals surface area contributed by atoms with E-state index < -0.39 is 11.9 Å². The largest absolute Gasteiger partial charge is 0.481 e. The van der Waals surface area contributed by atoms with Gasteiger partial charge in [0.05, 0.1) is 5.92 Å². The summed E-state index contributed by atoms with van der Waals surface area (Å²) >= 11 is 0. The van der Waals surface area contributed by atoms with Crippen LogP contribution in [0.1, 0.15) is 12.8 Å². The molecule has 3 rings (SSSR count). The summed E-state index contributed by atoms with van der Waals surface area (Å²) in [5.41, 5.74) is 0.621. The number of hydrogen-bond acceptors (Lipinski definition) is 4. The molecule has 7 heteroatoms. The van der Waals surface area contributed by atoms with Crippen molar-refractivity contribution in [1.29, 1.82) is 0 Å². The Morgan fingerprint density at radius 1 is 1.20 bits per heavy atom. The smallest absolute Gasteiger partial charge is 0.321 e. The number of carboxylic acid groups (broad SMARTS) is 1. The highest BCUT2D eigenvalue weighted by molar-refractivity contribution is 5.89. The zero-order valence-corrected chi connectivity index (χ0v) is 13.6. The van der Waals surface area contributed by atoms with Gasteiger partial charge in [0.25, 0.3) is 0 Å². The number of anilines is 1. The van der Waals surface area contributed by atoms with Gasteiger partial charge in [-0.25, -0.2) is 9.78 Å². The predicted octanol–water partition coefficient (Wildman–Crippen LogP) is 3.20. The Hall–Kier alpha value is -3.09. The van der Waals surface area contributed by atoms with Crippen molar-refractivity contribution in [3.63, 3.8) is 0 Å². The van der Waals surface area contributed by atoms with Crippen molar-refractivity contribution in [2.45, 2.75) is 12.8 Å². The molecule has 2 heterocycles. The van der Waals surface area contributed by atoms with Crippen LogP contribution in [-0.4, -0.2) is 40.1 Å². The molecular formula is C18H19N3O4. The summed E-state index contributed by atoms with van der Waals surface area (Å²) in [5, 5.41) is 11.9. The fraction of sp³-hybridized carbons (Fsp3) is 0.278. The lowest BCUT2D eigenvalue weighted by atomic mass is 9.99. The summed E-state index contributed by atoms with van der Waals surface area (Å²) in [6.07, 6.45) is 2.95. The summed E-state index contributed by atoms with van der Waals surface area (Å²) in [5.74, 6) is -0.241. The zero-order chi connectivity index (χ0) is 17.6. The maximum absolute atomic E-state index is 12.3. The van der Waals surface area contributed by atoms with Gasteiger partial charge >= 0.3 is 12.0 Å². The van der Waals surface area contributed by atoms with Crippen LogP contribution in [0.3, 0.4) is 0 Å². The first-order valence-corrected chi connectivity index (χ1v) is 8.09. The molecule has 1 saturated heterocycles. The van der Waals surface area contributed by atoms with Gasteiger partial charge in [-0.1, -0.05) is 6.07 Å². The van der Waals surface area contributed by atoms with E-state index in [1.807, 2.05) is 6.07 Å². The molecule has 2 amide bonds. The van der Waals surface area contributed by atoms with E-state index in [0.29, 0.717) is 36.7 Å². The molecule has 1 atom stereocenters. The lowest BCUT2D eigenvalue weighted by Gasteiger charge is -2.30. The second-order valence-corrected chi connectivity index (χ2v) is 5.85. The number of carbonyl (C=O) groups is 2. The number of carboxylic acids is 1. The first-order chi connectivity index (χ1) is 12.1. The molecule has 25 heavy (non-hydrogen) atoms. The molecular weight excluding hydrogens is 322 g/mol. The van der Waals surface area contributed by atoms with E-state index in [0.717, 1.165) is 0 Å². The molecule has 1 fully saturated rings. The number of pyridine rings is 1. The number of hydrogen-bond donors (Lipinski definition) is 2.